The lowest BCUT2D eigenvalue weighted by Crippen LogP contribution is -2.40. The topological polar surface area (TPSA) is 92.6 Å². The number of nitrogens with one attached hydrogen (secondary N) is 1. The quantitative estimate of drug-likeness (QED) is 0.594. The van der Waals surface area contributed by atoms with Crippen molar-refractivity contribution in [1.29, 1.82) is 0 Å². The number of nitro groups is 1. The van der Waals surface area contributed by atoms with Gasteiger partial charge in [-0.05, 0) is 57.3 Å². The van der Waals surface area contributed by atoms with Gasteiger partial charge in [0, 0.05) is 24.7 Å². The summed E-state index contributed by atoms with van der Waals surface area (Å²) < 4.78 is 27.3. The first-order valence-electron chi connectivity index (χ1n) is 8.23. The number of hydrogen-bond acceptors (Lipinski definition) is 5. The van der Waals surface area contributed by atoms with Crippen molar-refractivity contribution in [1.82, 2.24) is 9.62 Å². The molecule has 0 aliphatic carbocycles. The summed E-state index contributed by atoms with van der Waals surface area (Å²) in [5, 5.41) is 14.4. The van der Waals surface area contributed by atoms with Crippen molar-refractivity contribution in [2.24, 2.45) is 5.92 Å². The van der Waals surface area contributed by atoms with Gasteiger partial charge in [0.05, 0.1) is 9.82 Å². The van der Waals surface area contributed by atoms with E-state index in [2.05, 4.69) is 5.32 Å². The molecule has 1 aliphatic heterocycles. The smallest absolute Gasteiger partial charge is 0.273 e. The predicted octanol–water partition coefficient (Wildman–Crippen LogP) is 2.64. The van der Waals surface area contributed by atoms with E-state index in [1.807, 2.05) is 6.92 Å². The van der Waals surface area contributed by atoms with E-state index in [-0.39, 0.29) is 23.0 Å². The summed E-state index contributed by atoms with van der Waals surface area (Å²) in [6.45, 7) is 8.07. The average Bonchev–Trinajstić information content (AvgIpc) is 2.52. The summed E-state index contributed by atoms with van der Waals surface area (Å²) in [5.74, 6) is 0.477. The summed E-state index contributed by atoms with van der Waals surface area (Å²) in [7, 11) is -3.70. The first-order valence-corrected chi connectivity index (χ1v) is 9.67. The number of piperidine rings is 1. The summed E-state index contributed by atoms with van der Waals surface area (Å²) in [5.41, 5.74) is 0.870. The number of halogens is 1. The van der Waals surface area contributed by atoms with Crippen LogP contribution in [0.15, 0.2) is 17.0 Å². The molecule has 1 aromatic rings. The second-order valence-corrected chi connectivity index (χ2v) is 8.22. The van der Waals surface area contributed by atoms with Crippen LogP contribution in [0, 0.1) is 29.9 Å². The molecule has 1 fully saturated rings. The number of nitrogens with zero attached hydrogens (tertiary/aromatic N) is 2. The first-order chi connectivity index (χ1) is 11.3. The van der Waals surface area contributed by atoms with E-state index < -0.39 is 14.9 Å². The highest BCUT2D eigenvalue weighted by Gasteiger charge is 2.31. The van der Waals surface area contributed by atoms with Gasteiger partial charge in [-0.2, -0.15) is 4.31 Å². The van der Waals surface area contributed by atoms with E-state index >= 15 is 0 Å². The lowest BCUT2D eigenvalue weighted by atomic mass is 9.98. The van der Waals surface area contributed by atoms with Crippen LogP contribution in [0.5, 0.6) is 0 Å². The third-order valence-electron chi connectivity index (χ3n) is 4.56. The SMILES string of the molecule is CCNCC1CCN(S(=O)(=O)c2cc([N+](=O)[O-])c(C)cc2C)CC1.Cl. The van der Waals surface area contributed by atoms with Crippen LogP contribution in [0.1, 0.15) is 30.9 Å². The van der Waals surface area contributed by atoms with Crippen molar-refractivity contribution in [3.05, 3.63) is 33.4 Å². The third kappa shape index (κ3) is 4.91. The molecule has 1 N–H and O–H groups in total. The van der Waals surface area contributed by atoms with Gasteiger partial charge in [-0.3, -0.25) is 10.1 Å². The van der Waals surface area contributed by atoms with E-state index in [1.165, 1.54) is 10.4 Å². The summed E-state index contributed by atoms with van der Waals surface area (Å²) in [6.07, 6.45) is 1.61. The minimum Gasteiger partial charge on any atom is -0.317 e. The van der Waals surface area contributed by atoms with E-state index in [0.29, 0.717) is 30.1 Å². The Morgan fingerprint density at radius 1 is 1.24 bits per heavy atom. The lowest BCUT2D eigenvalue weighted by Gasteiger charge is -2.31. The Kier molecular flexibility index (Phi) is 7.80. The molecule has 25 heavy (non-hydrogen) atoms. The van der Waals surface area contributed by atoms with E-state index in [9.17, 15) is 18.5 Å². The van der Waals surface area contributed by atoms with Crippen LogP contribution in [-0.2, 0) is 10.0 Å². The molecule has 1 saturated heterocycles. The molecule has 2 rings (SSSR count). The molecule has 0 radical (unpaired) electrons. The van der Waals surface area contributed by atoms with Crippen LogP contribution in [0.2, 0.25) is 0 Å². The fourth-order valence-electron chi connectivity index (χ4n) is 3.14. The second kappa shape index (κ2) is 8.93. The maximum Gasteiger partial charge on any atom is 0.273 e. The van der Waals surface area contributed by atoms with Crippen molar-refractivity contribution < 1.29 is 13.3 Å². The highest BCUT2D eigenvalue weighted by atomic mass is 35.5. The number of benzene rings is 1. The molecule has 7 nitrogen and oxygen atoms in total. The van der Waals surface area contributed by atoms with Gasteiger partial charge in [-0.25, -0.2) is 8.42 Å². The molecule has 0 spiro atoms. The Labute approximate surface area is 155 Å². The zero-order valence-electron chi connectivity index (χ0n) is 14.8. The van der Waals surface area contributed by atoms with Gasteiger partial charge < -0.3 is 5.32 Å². The molecule has 1 aromatic carbocycles. The van der Waals surface area contributed by atoms with Crippen LogP contribution in [0.25, 0.3) is 0 Å². The number of rotatable bonds is 6. The molecule has 0 aromatic heterocycles. The van der Waals surface area contributed by atoms with Crippen LogP contribution in [0.3, 0.4) is 0 Å². The molecular weight excluding hydrogens is 366 g/mol. The zero-order chi connectivity index (χ0) is 17.9. The van der Waals surface area contributed by atoms with Crippen LogP contribution in [0.4, 0.5) is 5.69 Å². The van der Waals surface area contributed by atoms with Crippen molar-refractivity contribution in [3.8, 4) is 0 Å². The molecular formula is C16H26ClN3O4S. The molecule has 0 bridgehead atoms. The van der Waals surface area contributed by atoms with Crippen molar-refractivity contribution in [3.63, 3.8) is 0 Å². The fraction of sp³-hybridized carbons (Fsp3) is 0.625. The van der Waals surface area contributed by atoms with Gasteiger partial charge in [-0.1, -0.05) is 6.92 Å². The number of aryl methyl sites for hydroxylation is 2. The van der Waals surface area contributed by atoms with Gasteiger partial charge in [0.1, 0.15) is 0 Å². The zero-order valence-corrected chi connectivity index (χ0v) is 16.5. The Morgan fingerprint density at radius 2 is 1.84 bits per heavy atom. The Balaban J connectivity index is 0.00000312. The standard InChI is InChI=1S/C16H25N3O4S.ClH/c1-4-17-11-14-5-7-18(8-6-14)24(22,23)16-10-15(19(20)21)12(2)9-13(16)3;/h9-10,14,17H,4-8,11H2,1-3H3;1H. The van der Waals surface area contributed by atoms with Crippen LogP contribution >= 0.6 is 12.4 Å². The number of nitro benzene ring substituents is 1. The summed E-state index contributed by atoms with van der Waals surface area (Å²) in [4.78, 5) is 10.6. The van der Waals surface area contributed by atoms with Gasteiger partial charge >= 0.3 is 0 Å². The monoisotopic (exact) mass is 391 g/mol. The van der Waals surface area contributed by atoms with E-state index in [1.54, 1.807) is 19.9 Å². The van der Waals surface area contributed by atoms with Crippen LogP contribution < -0.4 is 5.32 Å². The summed E-state index contributed by atoms with van der Waals surface area (Å²) in [6, 6.07) is 2.77. The van der Waals surface area contributed by atoms with Gasteiger partial charge in [0.2, 0.25) is 10.0 Å². The van der Waals surface area contributed by atoms with Gasteiger partial charge in [0.15, 0.2) is 0 Å². The predicted molar refractivity (Wildman–Crippen MR) is 99.8 cm³/mol. The van der Waals surface area contributed by atoms with Crippen molar-refractivity contribution in [2.75, 3.05) is 26.2 Å². The highest BCUT2D eigenvalue weighted by Crippen LogP contribution is 2.30. The molecule has 0 atom stereocenters. The number of sulfonamides is 1. The average molecular weight is 392 g/mol. The molecule has 0 saturated carbocycles. The van der Waals surface area contributed by atoms with E-state index in [4.69, 9.17) is 0 Å². The Hall–Kier alpha value is -1.22. The molecule has 9 heteroatoms. The molecule has 0 unspecified atom stereocenters. The molecule has 1 aliphatic rings. The van der Waals surface area contributed by atoms with Crippen LogP contribution in [-0.4, -0.2) is 43.8 Å². The Morgan fingerprint density at radius 3 is 2.36 bits per heavy atom. The maximum absolute atomic E-state index is 12.9. The summed E-state index contributed by atoms with van der Waals surface area (Å²) >= 11 is 0. The number of hydrogen-bond donors (Lipinski definition) is 1. The first kappa shape index (κ1) is 21.8. The third-order valence-corrected chi connectivity index (χ3v) is 6.61. The van der Waals surface area contributed by atoms with Crippen molar-refractivity contribution >= 4 is 28.1 Å². The van der Waals surface area contributed by atoms with Gasteiger partial charge in [0.25, 0.3) is 5.69 Å². The fourth-order valence-corrected chi connectivity index (χ4v) is 4.83. The normalized spacial score (nSPS) is 16.4. The molecule has 0 amide bonds. The van der Waals surface area contributed by atoms with Gasteiger partial charge in [-0.15, -0.1) is 12.4 Å². The maximum atomic E-state index is 12.9. The molecule has 1 heterocycles. The minimum atomic E-state index is -3.70. The lowest BCUT2D eigenvalue weighted by molar-refractivity contribution is -0.385. The largest absolute Gasteiger partial charge is 0.317 e. The van der Waals surface area contributed by atoms with E-state index in [0.717, 1.165) is 25.9 Å². The van der Waals surface area contributed by atoms with Crippen molar-refractivity contribution in [2.45, 2.75) is 38.5 Å². The Bertz CT molecular complexity index is 716. The highest BCUT2D eigenvalue weighted by molar-refractivity contribution is 7.89. The minimum absolute atomic E-state index is 0. The second-order valence-electron chi connectivity index (χ2n) is 6.32. The molecule has 142 valence electrons.